The molecule has 154 valence electrons. The minimum Gasteiger partial charge on any atom is -0.477 e. The van der Waals surface area contributed by atoms with E-state index in [1.807, 2.05) is 54.4 Å². The van der Waals surface area contributed by atoms with Gasteiger partial charge in [-0.05, 0) is 38.0 Å². The van der Waals surface area contributed by atoms with Crippen molar-refractivity contribution in [2.24, 2.45) is 12.0 Å². The zero-order valence-corrected chi connectivity index (χ0v) is 17.9. The van der Waals surface area contributed by atoms with Gasteiger partial charge in [-0.2, -0.15) is 5.10 Å². The molecule has 0 saturated heterocycles. The molecule has 0 unspecified atom stereocenters. The fourth-order valence-electron chi connectivity index (χ4n) is 3.35. The molecule has 30 heavy (non-hydrogen) atoms. The standard InChI is InChI=1S/C22H25N7O/c1-6-30-22-17(8-7-9-23-22)18-10-19(24-11-16-12-28(5)13-25-16)21-20(14(2)3)26-15(4)29(21)27-18/h7-14H,6H2,1-5H3. The largest absolute Gasteiger partial charge is 0.477 e. The molecule has 4 aromatic heterocycles. The van der Waals surface area contributed by atoms with Gasteiger partial charge < -0.3 is 9.30 Å². The van der Waals surface area contributed by atoms with Crippen LogP contribution in [0.25, 0.3) is 16.8 Å². The van der Waals surface area contributed by atoms with Crippen LogP contribution >= 0.6 is 0 Å². The quantitative estimate of drug-likeness (QED) is 0.453. The van der Waals surface area contributed by atoms with E-state index in [0.717, 1.165) is 39.7 Å². The molecule has 0 fully saturated rings. The number of fused-ring (bicyclic) bond motifs is 1. The van der Waals surface area contributed by atoms with Gasteiger partial charge in [0.05, 0.1) is 47.5 Å². The first kappa shape index (κ1) is 19.8. The van der Waals surface area contributed by atoms with Gasteiger partial charge in [0.25, 0.3) is 0 Å². The highest BCUT2D eigenvalue weighted by Crippen LogP contribution is 2.34. The van der Waals surface area contributed by atoms with Crippen LogP contribution in [-0.2, 0) is 7.05 Å². The second-order valence-electron chi connectivity index (χ2n) is 7.39. The molecule has 8 heteroatoms. The number of hydrogen-bond donors (Lipinski definition) is 0. The molecule has 0 amide bonds. The summed E-state index contributed by atoms with van der Waals surface area (Å²) >= 11 is 0. The van der Waals surface area contributed by atoms with Crippen molar-refractivity contribution in [3.63, 3.8) is 0 Å². The monoisotopic (exact) mass is 403 g/mol. The molecule has 0 aromatic carbocycles. The summed E-state index contributed by atoms with van der Waals surface area (Å²) in [6, 6.07) is 5.79. The molecule has 0 spiro atoms. The number of aliphatic imine (C=N–C) groups is 1. The number of nitrogens with zero attached hydrogens (tertiary/aromatic N) is 7. The molecule has 0 radical (unpaired) electrons. The van der Waals surface area contributed by atoms with Crippen molar-refractivity contribution < 1.29 is 4.74 Å². The van der Waals surface area contributed by atoms with Gasteiger partial charge >= 0.3 is 0 Å². The number of aryl methyl sites for hydroxylation is 2. The van der Waals surface area contributed by atoms with Crippen molar-refractivity contribution in [3.05, 3.63) is 54.1 Å². The topological polar surface area (TPSA) is 82.5 Å². The van der Waals surface area contributed by atoms with E-state index in [9.17, 15) is 0 Å². The average Bonchev–Trinajstić information content (AvgIpc) is 3.30. The van der Waals surface area contributed by atoms with Crippen LogP contribution in [0.3, 0.4) is 0 Å². The third-order valence-corrected chi connectivity index (χ3v) is 4.70. The summed E-state index contributed by atoms with van der Waals surface area (Å²) < 4.78 is 9.47. The molecule has 0 aliphatic carbocycles. The minimum absolute atomic E-state index is 0.238. The van der Waals surface area contributed by atoms with Gasteiger partial charge in [-0.3, -0.25) is 4.99 Å². The summed E-state index contributed by atoms with van der Waals surface area (Å²) in [5, 5.41) is 4.85. The highest BCUT2D eigenvalue weighted by atomic mass is 16.5. The van der Waals surface area contributed by atoms with E-state index < -0.39 is 0 Å². The lowest BCUT2D eigenvalue weighted by Crippen LogP contribution is -2.01. The number of rotatable bonds is 6. The fraction of sp³-hybridized carbons (Fsp3) is 0.318. The second kappa shape index (κ2) is 8.06. The summed E-state index contributed by atoms with van der Waals surface area (Å²) in [6.07, 6.45) is 7.15. The maximum Gasteiger partial charge on any atom is 0.222 e. The average molecular weight is 403 g/mol. The normalized spacial score (nSPS) is 11.8. The smallest absolute Gasteiger partial charge is 0.222 e. The summed E-state index contributed by atoms with van der Waals surface area (Å²) in [6.45, 7) is 8.66. The fourth-order valence-corrected chi connectivity index (χ4v) is 3.35. The Bertz CT molecular complexity index is 1220. The van der Waals surface area contributed by atoms with Crippen LogP contribution in [0.5, 0.6) is 5.88 Å². The van der Waals surface area contributed by atoms with Crippen LogP contribution in [0, 0.1) is 6.92 Å². The Labute approximate surface area is 175 Å². The van der Waals surface area contributed by atoms with Crippen LogP contribution in [0.2, 0.25) is 0 Å². The van der Waals surface area contributed by atoms with Crippen molar-refractivity contribution in [3.8, 4) is 17.1 Å². The SMILES string of the molecule is CCOc1ncccc1-c1cc(N=Cc2cn(C)cn2)c2c(C(C)C)nc(C)n2n1. The Morgan fingerprint density at radius 3 is 2.80 bits per heavy atom. The minimum atomic E-state index is 0.238. The van der Waals surface area contributed by atoms with Crippen LogP contribution in [0.15, 0.2) is 41.9 Å². The van der Waals surface area contributed by atoms with E-state index in [1.165, 1.54) is 0 Å². The molecule has 4 aromatic rings. The summed E-state index contributed by atoms with van der Waals surface area (Å²) in [7, 11) is 1.93. The first-order valence-corrected chi connectivity index (χ1v) is 9.98. The summed E-state index contributed by atoms with van der Waals surface area (Å²) in [5.41, 5.74) is 4.97. The van der Waals surface area contributed by atoms with Crippen LogP contribution in [-0.4, -0.2) is 42.0 Å². The van der Waals surface area contributed by atoms with Gasteiger partial charge in [0.1, 0.15) is 11.3 Å². The molecule has 0 bridgehead atoms. The van der Waals surface area contributed by atoms with Gasteiger partial charge in [0.15, 0.2) is 0 Å². The molecule has 0 atom stereocenters. The van der Waals surface area contributed by atoms with Crippen molar-refractivity contribution in [1.29, 1.82) is 0 Å². The highest BCUT2D eigenvalue weighted by molar-refractivity contribution is 5.85. The van der Waals surface area contributed by atoms with E-state index in [2.05, 4.69) is 23.8 Å². The lowest BCUT2D eigenvalue weighted by Gasteiger charge is -2.11. The molecule has 0 saturated carbocycles. The van der Waals surface area contributed by atoms with E-state index >= 15 is 0 Å². The van der Waals surface area contributed by atoms with Gasteiger partial charge in [-0.1, -0.05) is 13.8 Å². The molecule has 0 aliphatic heterocycles. The Morgan fingerprint density at radius 2 is 2.10 bits per heavy atom. The van der Waals surface area contributed by atoms with Crippen molar-refractivity contribution in [2.75, 3.05) is 6.61 Å². The van der Waals surface area contributed by atoms with Crippen molar-refractivity contribution in [1.82, 2.24) is 29.1 Å². The molecular formula is C22H25N7O. The number of hydrogen-bond acceptors (Lipinski definition) is 6. The molecule has 4 rings (SSSR count). The van der Waals surface area contributed by atoms with Gasteiger partial charge in [0.2, 0.25) is 5.88 Å². The Morgan fingerprint density at radius 1 is 1.27 bits per heavy atom. The Balaban J connectivity index is 1.94. The first-order valence-electron chi connectivity index (χ1n) is 9.98. The van der Waals surface area contributed by atoms with E-state index in [0.29, 0.717) is 12.5 Å². The van der Waals surface area contributed by atoms with Crippen LogP contribution in [0.4, 0.5) is 5.69 Å². The van der Waals surface area contributed by atoms with Crippen molar-refractivity contribution in [2.45, 2.75) is 33.6 Å². The molecule has 4 heterocycles. The number of aromatic nitrogens is 6. The predicted molar refractivity (Wildman–Crippen MR) is 117 cm³/mol. The summed E-state index contributed by atoms with van der Waals surface area (Å²) in [4.78, 5) is 18.2. The van der Waals surface area contributed by atoms with Gasteiger partial charge in [-0.25, -0.2) is 19.5 Å². The third kappa shape index (κ3) is 3.68. The first-order chi connectivity index (χ1) is 14.5. The number of ether oxygens (including phenoxy) is 1. The van der Waals surface area contributed by atoms with Crippen LogP contribution < -0.4 is 4.74 Å². The molecule has 0 aliphatic rings. The van der Waals surface area contributed by atoms with E-state index in [4.69, 9.17) is 19.8 Å². The van der Waals surface area contributed by atoms with Gasteiger partial charge in [-0.15, -0.1) is 0 Å². The lowest BCUT2D eigenvalue weighted by atomic mass is 10.1. The highest BCUT2D eigenvalue weighted by Gasteiger charge is 2.19. The second-order valence-corrected chi connectivity index (χ2v) is 7.39. The maximum absolute atomic E-state index is 5.72. The van der Waals surface area contributed by atoms with Crippen LogP contribution in [0.1, 0.15) is 43.9 Å². The summed E-state index contributed by atoms with van der Waals surface area (Å²) in [5.74, 6) is 1.60. The van der Waals surface area contributed by atoms with E-state index in [-0.39, 0.29) is 5.92 Å². The van der Waals surface area contributed by atoms with Gasteiger partial charge in [0, 0.05) is 19.4 Å². The Kier molecular flexibility index (Phi) is 5.31. The number of imidazole rings is 2. The van der Waals surface area contributed by atoms with E-state index in [1.54, 1.807) is 18.7 Å². The predicted octanol–water partition coefficient (Wildman–Crippen LogP) is 4.11. The number of pyridine rings is 1. The third-order valence-electron chi connectivity index (χ3n) is 4.70. The lowest BCUT2D eigenvalue weighted by molar-refractivity contribution is 0.328. The zero-order chi connectivity index (χ0) is 21.3. The van der Waals surface area contributed by atoms with Crippen molar-refractivity contribution >= 4 is 17.4 Å². The molecule has 0 N–H and O–H groups in total. The Hall–Kier alpha value is -3.55. The molecular weight excluding hydrogens is 378 g/mol. The zero-order valence-electron chi connectivity index (χ0n) is 17.9. The molecule has 8 nitrogen and oxygen atoms in total. The maximum atomic E-state index is 5.72.